The maximum Gasteiger partial charge on any atom is 0.408 e. The van der Waals surface area contributed by atoms with E-state index in [1.54, 1.807) is 36.4 Å². The lowest BCUT2D eigenvalue weighted by Crippen LogP contribution is -2.47. The number of carbonyl (C=O) groups excluding carboxylic acids is 12. The lowest BCUT2D eigenvalue weighted by atomic mass is 9.91. The summed E-state index contributed by atoms with van der Waals surface area (Å²) in [5.74, 6) is 7.45. The van der Waals surface area contributed by atoms with Crippen LogP contribution in [0.4, 0.5) is 33.2 Å². The number of carbonyl (C=O) groups is 12. The summed E-state index contributed by atoms with van der Waals surface area (Å²) < 4.78 is 70.2. The van der Waals surface area contributed by atoms with Crippen LogP contribution in [0.25, 0.3) is 0 Å². The Bertz CT molecular complexity index is 4400. The Morgan fingerprint density at radius 3 is 1.18 bits per heavy atom. The summed E-state index contributed by atoms with van der Waals surface area (Å²) in [5.41, 5.74) is 6.68. The monoisotopic (exact) mass is 1660 g/mol. The minimum Gasteiger partial charge on any atom is -0.490 e. The number of ketones is 6. The van der Waals surface area contributed by atoms with Gasteiger partial charge < -0.3 is 84.0 Å². The van der Waals surface area contributed by atoms with E-state index in [-0.39, 0.29) is 110 Å². The Labute approximate surface area is 697 Å². The van der Waals surface area contributed by atoms with Crippen molar-refractivity contribution in [1.29, 1.82) is 0 Å². The summed E-state index contributed by atoms with van der Waals surface area (Å²) in [6, 6.07) is 29.3. The fourth-order valence-corrected chi connectivity index (χ4v) is 13.8. The van der Waals surface area contributed by atoms with Gasteiger partial charge in [-0.1, -0.05) is 124 Å². The molecule has 4 unspecified atom stereocenters. The van der Waals surface area contributed by atoms with Crippen LogP contribution in [0.3, 0.4) is 0 Å². The third-order valence-electron chi connectivity index (χ3n) is 21.8. The van der Waals surface area contributed by atoms with Crippen LogP contribution in [0.15, 0.2) is 109 Å². The van der Waals surface area contributed by atoms with Crippen LogP contribution in [0.1, 0.15) is 213 Å². The van der Waals surface area contributed by atoms with Gasteiger partial charge >= 0.3 is 42.6 Å². The predicted molar refractivity (Wildman–Crippen MR) is 433 cm³/mol. The standard InChI is InChI=1S/C19H23NO4.C16H25NO3.C15H19NO3.C14H14FNO5.C13H13NO5.C13H15NO3/c21-17-8-7-16(17)20-19(22)23-11-12-2-5-15(6-3-12)24-18-10-13-1-4-14(18)9-13;1-2-3-4-5-6-7-8-9-10-13-20-16(19)17-14-11-12-15(14)18;1-2-3-11-4-6-12(7-5-11)10-19-15(18)16-13-8-9-14(13)17;1-14(15)20-11-5-2-8(6-12(11)21-14)7-19-13(18)16-9-3-4-10(9)17;15-10-3-2-9(10)14-13(16)17-6-8-1-4-11-12(5-8)19-7-18-11;1-9-2-4-10(5-3-9)8-17-13(16)14-11-6-7-12(11)15/h2-3,5-6,13-14,16,18H,1,4,7-11H2,(H,20,22);1,14H,3-13H2,(H,17,19);4-7,13H,2-3,8-10H2,1H3,(H,16,18);2,5-6,9H,3-4,7H2,1H3,(H,16,18);1,4-5,9H,2-3,6-7H2,(H,14,16);2-5,11H,6-8H2,1H3,(H,14,16)/t13?,14?,16-,18?;14-;13-;9-,14?;9-;11-/m000000/s1. The SMILES string of the molecule is C#CCCCCCCCCCOC(=O)N[C@H]1CCC1=O.CC1(F)Oc2ccc(COC(=O)N[C@H]3CCC3=O)cc2O1.CCCc1ccc(COC(=O)N[C@H]2CCC2=O)cc1.Cc1ccc(COC(=O)N[C@H]2CCC2=O)cc1.O=C(N[C@H]1CCC1=O)OCc1ccc(OC2CC3CCC2C3)cc1.O=C(N[C@H]1CCC1=O)OCc1ccc2c(c1)OCO2. The number of hydrogen-bond donors (Lipinski definition) is 6. The molecule has 30 heteroatoms. The predicted octanol–water partition coefficient (Wildman–Crippen LogP) is 14.4. The number of rotatable bonds is 29. The number of halogens is 1. The highest BCUT2D eigenvalue weighted by molar-refractivity contribution is 5.95. The number of aryl methyl sites for hydroxylation is 2. The first-order chi connectivity index (χ1) is 57.9. The Hall–Kier alpha value is -11.8. The molecule has 0 radical (unpaired) electrons. The molecule has 0 spiro atoms. The van der Waals surface area contributed by atoms with E-state index in [1.165, 1.54) is 62.5 Å². The molecule has 0 aromatic heterocycles. The van der Waals surface area contributed by atoms with E-state index >= 15 is 0 Å². The molecule has 120 heavy (non-hydrogen) atoms. The first kappa shape index (κ1) is 90.6. The normalized spacial score (nSPS) is 22.1. The molecule has 0 saturated heterocycles. The topological polar surface area (TPSA) is 379 Å². The lowest BCUT2D eigenvalue weighted by Gasteiger charge is -2.24. The largest absolute Gasteiger partial charge is 0.490 e. The second-order valence-corrected chi connectivity index (χ2v) is 31.2. The van der Waals surface area contributed by atoms with E-state index in [4.69, 9.17) is 58.5 Å². The van der Waals surface area contributed by atoms with E-state index < -0.39 is 48.6 Å². The average Bonchev–Trinajstić information content (AvgIpc) is 1.67. The number of Topliss-reactive ketones (excluding diaryl/α,β-unsaturated/α-hetero) is 6. The Kier molecular flexibility index (Phi) is 34.7. The number of ether oxygens (including phenoxy) is 11. The second kappa shape index (κ2) is 46.0. The summed E-state index contributed by atoms with van der Waals surface area (Å²) >= 11 is 0. The van der Waals surface area contributed by atoms with Gasteiger partial charge in [0.25, 0.3) is 0 Å². The van der Waals surface area contributed by atoms with E-state index in [0.717, 1.165) is 105 Å². The minimum atomic E-state index is -2.18. The van der Waals surface area contributed by atoms with Crippen molar-refractivity contribution in [2.45, 2.75) is 269 Å². The number of alkyl halides is 1. The van der Waals surface area contributed by atoms with Crippen molar-refractivity contribution in [2.24, 2.45) is 11.8 Å². The van der Waals surface area contributed by atoms with Crippen molar-refractivity contribution in [3.05, 3.63) is 148 Å². The number of terminal acetylenes is 1. The summed E-state index contributed by atoms with van der Waals surface area (Å²) in [6.45, 7) is 6.73. The number of alkyl carbamates (subject to hydrolysis) is 6. The maximum absolute atomic E-state index is 13.5. The third kappa shape index (κ3) is 29.6. The van der Waals surface area contributed by atoms with Gasteiger partial charge in [-0.2, -0.15) is 4.39 Å². The number of unbranched alkanes of at least 4 members (excludes halogenated alkanes) is 7. The van der Waals surface area contributed by atoms with Crippen LogP contribution >= 0.6 is 0 Å². The number of benzene rings is 5. The van der Waals surface area contributed by atoms with Gasteiger partial charge in [-0.05, 0) is 172 Å². The number of nitrogens with one attached hydrogen (secondary N) is 6. The maximum atomic E-state index is 13.5. The molecule has 2 aliphatic heterocycles. The smallest absolute Gasteiger partial charge is 0.408 e. The minimum absolute atomic E-state index is 0.00756. The van der Waals surface area contributed by atoms with Crippen molar-refractivity contribution < 1.29 is 114 Å². The van der Waals surface area contributed by atoms with Crippen LogP contribution in [0.5, 0.6) is 28.7 Å². The van der Waals surface area contributed by atoms with Gasteiger partial charge in [0, 0.05) is 51.9 Å². The lowest BCUT2D eigenvalue weighted by molar-refractivity contribution is -0.173. The van der Waals surface area contributed by atoms with Gasteiger partial charge in [0.05, 0.1) is 42.9 Å². The van der Waals surface area contributed by atoms with Crippen molar-refractivity contribution in [3.8, 4) is 41.1 Å². The summed E-state index contributed by atoms with van der Waals surface area (Å²) in [5, 5.41) is 15.2. The molecule has 8 fully saturated rings. The number of hydrogen-bond acceptors (Lipinski definition) is 23. The van der Waals surface area contributed by atoms with Crippen molar-refractivity contribution in [1.82, 2.24) is 31.9 Å². The quantitative estimate of drug-likeness (QED) is 0.0147. The molecule has 2 heterocycles. The molecule has 6 N–H and O–H groups in total. The van der Waals surface area contributed by atoms with Crippen LogP contribution in [-0.2, 0) is 96.6 Å². The third-order valence-corrected chi connectivity index (χ3v) is 21.8. The Balaban J connectivity index is 0.000000152. The molecule has 6 amide bonds. The molecular weight excluding hydrogens is 1550 g/mol. The molecule has 644 valence electrons. The highest BCUT2D eigenvalue weighted by Gasteiger charge is 2.42. The van der Waals surface area contributed by atoms with Gasteiger partial charge in [0.15, 0.2) is 57.7 Å². The molecule has 8 aliphatic carbocycles. The summed E-state index contributed by atoms with van der Waals surface area (Å²) in [7, 11) is 0. The molecule has 10 aliphatic rings. The highest BCUT2D eigenvalue weighted by Crippen LogP contribution is 2.46. The first-order valence-electron chi connectivity index (χ1n) is 41.6. The molecule has 2 bridgehead atoms. The van der Waals surface area contributed by atoms with Crippen molar-refractivity contribution >= 4 is 71.3 Å². The van der Waals surface area contributed by atoms with Crippen LogP contribution in [-0.4, -0.2) is 133 Å². The van der Waals surface area contributed by atoms with Crippen molar-refractivity contribution in [3.63, 3.8) is 0 Å². The zero-order chi connectivity index (χ0) is 85.3. The van der Waals surface area contributed by atoms with Gasteiger partial charge in [0.2, 0.25) is 6.79 Å². The van der Waals surface area contributed by atoms with Crippen LogP contribution in [0.2, 0.25) is 0 Å². The number of fused-ring (bicyclic) bond motifs is 4. The van der Waals surface area contributed by atoms with E-state index in [9.17, 15) is 61.9 Å². The van der Waals surface area contributed by atoms with E-state index in [1.807, 2.05) is 67.6 Å². The molecule has 5 aromatic carbocycles. The summed E-state index contributed by atoms with van der Waals surface area (Å²) in [6.07, 6.45) is 26.0. The molecule has 15 rings (SSSR count). The first-order valence-corrected chi connectivity index (χ1v) is 41.6. The zero-order valence-electron chi connectivity index (χ0n) is 68.3. The van der Waals surface area contributed by atoms with Gasteiger partial charge in [-0.25, -0.2) is 28.8 Å². The molecular formula is C90H109FN6O23. The molecule has 10 atom stereocenters. The second-order valence-electron chi connectivity index (χ2n) is 31.2. The summed E-state index contributed by atoms with van der Waals surface area (Å²) in [4.78, 5) is 135. The van der Waals surface area contributed by atoms with Gasteiger partial charge in [0.1, 0.15) is 44.9 Å². The van der Waals surface area contributed by atoms with Crippen molar-refractivity contribution in [2.75, 3.05) is 13.4 Å². The highest BCUT2D eigenvalue weighted by atomic mass is 19.2. The fraction of sp³-hybridized carbons (Fsp3) is 0.511. The fourth-order valence-electron chi connectivity index (χ4n) is 13.8. The zero-order valence-corrected chi connectivity index (χ0v) is 68.3. The Morgan fingerprint density at radius 1 is 0.425 bits per heavy atom. The average molecular weight is 1660 g/mol. The van der Waals surface area contributed by atoms with Crippen LogP contribution < -0.4 is 55.6 Å². The van der Waals surface area contributed by atoms with Crippen LogP contribution in [0, 0.1) is 31.1 Å². The molecule has 29 nitrogen and oxygen atoms in total. The number of amides is 6. The van der Waals surface area contributed by atoms with Gasteiger partial charge in [-0.15, -0.1) is 12.3 Å². The van der Waals surface area contributed by atoms with E-state index in [0.29, 0.717) is 93.3 Å². The molecule has 8 saturated carbocycles. The van der Waals surface area contributed by atoms with E-state index in [2.05, 4.69) is 56.9 Å². The molecule has 5 aromatic rings. The Morgan fingerprint density at radius 2 is 0.783 bits per heavy atom. The van der Waals surface area contributed by atoms with Gasteiger partial charge in [-0.3, -0.25) is 28.8 Å².